The summed E-state index contributed by atoms with van der Waals surface area (Å²) in [7, 11) is 0. The number of nitrogens with zero attached hydrogens (tertiary/aromatic N) is 3. The van der Waals surface area contributed by atoms with Crippen molar-refractivity contribution in [1.29, 1.82) is 0 Å². The maximum Gasteiger partial charge on any atom is 0.0978 e. The van der Waals surface area contributed by atoms with E-state index in [9.17, 15) is 0 Å². The molecule has 0 N–H and O–H groups in total. The van der Waals surface area contributed by atoms with Crippen LogP contribution in [0.4, 0.5) is 0 Å². The Balaban J connectivity index is 1.11. The highest BCUT2D eigenvalue weighted by molar-refractivity contribution is 6.16. The molecule has 10 rings (SSSR count). The van der Waals surface area contributed by atoms with Crippen molar-refractivity contribution in [2.45, 2.75) is 0 Å². The van der Waals surface area contributed by atoms with Gasteiger partial charge in [-0.1, -0.05) is 133 Å². The molecule has 3 heteroatoms. The summed E-state index contributed by atoms with van der Waals surface area (Å²) < 4.78 is 2.37. The normalized spacial score (nSPS) is 11.7. The molecule has 0 unspecified atom stereocenters. The Bertz CT molecular complexity index is 2830. The topological polar surface area (TPSA) is 30.7 Å². The second-order valence-electron chi connectivity index (χ2n) is 12.6. The molecule has 228 valence electrons. The highest BCUT2D eigenvalue weighted by Crippen LogP contribution is 2.38. The van der Waals surface area contributed by atoms with Gasteiger partial charge in [-0.25, -0.2) is 9.97 Å². The molecule has 0 bridgehead atoms. The Morgan fingerprint density at radius 2 is 0.980 bits per heavy atom. The monoisotopic (exact) mass is 623 g/mol. The number of benzene rings is 7. The van der Waals surface area contributed by atoms with Gasteiger partial charge in [0.25, 0.3) is 0 Å². The lowest BCUT2D eigenvalue weighted by molar-refractivity contribution is 1.18. The summed E-state index contributed by atoms with van der Waals surface area (Å²) in [4.78, 5) is 10.5. The van der Waals surface area contributed by atoms with Crippen LogP contribution >= 0.6 is 0 Å². The number of pyridine rings is 2. The van der Waals surface area contributed by atoms with Crippen LogP contribution in [0.5, 0.6) is 0 Å². The molecule has 3 heterocycles. The van der Waals surface area contributed by atoms with E-state index in [0.717, 1.165) is 60.8 Å². The van der Waals surface area contributed by atoms with Crippen LogP contribution in [0.2, 0.25) is 0 Å². The van der Waals surface area contributed by atoms with Crippen LogP contribution in [0.1, 0.15) is 0 Å². The largest absolute Gasteiger partial charge is 0.309 e. The van der Waals surface area contributed by atoms with Crippen molar-refractivity contribution in [1.82, 2.24) is 14.5 Å². The predicted molar refractivity (Wildman–Crippen MR) is 205 cm³/mol. The van der Waals surface area contributed by atoms with Crippen molar-refractivity contribution < 1.29 is 0 Å². The van der Waals surface area contributed by atoms with E-state index in [1.165, 1.54) is 32.9 Å². The van der Waals surface area contributed by atoms with Crippen molar-refractivity contribution in [3.63, 3.8) is 0 Å². The van der Waals surface area contributed by atoms with E-state index < -0.39 is 0 Å². The zero-order valence-electron chi connectivity index (χ0n) is 26.6. The summed E-state index contributed by atoms with van der Waals surface area (Å²) in [5.74, 6) is 0. The standard InChI is InChI=1S/C46H29N3/c1-2-12-30(13-3-1)44-38-20-4-7-21-41(38)48-46-39(44)26-24-31-25-27-40(47-45(31)46)34-16-10-14-32(28-34)33-15-11-17-35(29-33)49-42-22-8-5-18-36(42)37-19-6-9-23-43(37)49/h1-29H. The highest BCUT2D eigenvalue weighted by atomic mass is 15.0. The Labute approximate surface area is 283 Å². The quantitative estimate of drug-likeness (QED) is 0.144. The van der Waals surface area contributed by atoms with Gasteiger partial charge in [-0.3, -0.25) is 0 Å². The molecule has 0 saturated carbocycles. The smallest absolute Gasteiger partial charge is 0.0978 e. The molecule has 0 amide bonds. The Hall–Kier alpha value is -6.58. The Morgan fingerprint density at radius 1 is 0.367 bits per heavy atom. The van der Waals surface area contributed by atoms with Crippen LogP contribution in [-0.4, -0.2) is 14.5 Å². The van der Waals surface area contributed by atoms with E-state index in [2.05, 4.69) is 180 Å². The second kappa shape index (κ2) is 11.0. The van der Waals surface area contributed by atoms with Crippen LogP contribution < -0.4 is 0 Å². The minimum atomic E-state index is 0.914. The van der Waals surface area contributed by atoms with Gasteiger partial charge in [0.2, 0.25) is 0 Å². The lowest BCUT2D eigenvalue weighted by atomic mass is 9.95. The summed E-state index contributed by atoms with van der Waals surface area (Å²) in [6, 6.07) is 62.5. The minimum absolute atomic E-state index is 0.914. The molecule has 49 heavy (non-hydrogen) atoms. The molecule has 0 spiro atoms. The molecule has 3 nitrogen and oxygen atoms in total. The average molecular weight is 624 g/mol. The van der Waals surface area contributed by atoms with Crippen LogP contribution in [0.25, 0.3) is 93.7 Å². The van der Waals surface area contributed by atoms with Gasteiger partial charge in [-0.15, -0.1) is 0 Å². The number of aromatic nitrogens is 3. The summed E-state index contributed by atoms with van der Waals surface area (Å²) in [6.07, 6.45) is 0. The van der Waals surface area contributed by atoms with E-state index in [0.29, 0.717) is 0 Å². The molecule has 0 aliphatic heterocycles. The third-order valence-corrected chi connectivity index (χ3v) is 9.75. The highest BCUT2D eigenvalue weighted by Gasteiger charge is 2.16. The van der Waals surface area contributed by atoms with Gasteiger partial charge < -0.3 is 4.57 Å². The van der Waals surface area contributed by atoms with E-state index in [4.69, 9.17) is 9.97 Å². The number of fused-ring (bicyclic) bond motifs is 7. The van der Waals surface area contributed by atoms with E-state index in [1.54, 1.807) is 0 Å². The Morgan fingerprint density at radius 3 is 1.78 bits per heavy atom. The number of para-hydroxylation sites is 3. The van der Waals surface area contributed by atoms with Crippen molar-refractivity contribution in [3.05, 3.63) is 176 Å². The molecule has 0 fully saturated rings. The molecule has 0 aliphatic rings. The van der Waals surface area contributed by atoms with Crippen LogP contribution in [-0.2, 0) is 0 Å². The fraction of sp³-hybridized carbons (Fsp3) is 0. The molecule has 0 radical (unpaired) electrons. The molecule has 0 aliphatic carbocycles. The first-order valence-electron chi connectivity index (χ1n) is 16.7. The third kappa shape index (κ3) is 4.44. The van der Waals surface area contributed by atoms with Crippen LogP contribution in [0.15, 0.2) is 176 Å². The second-order valence-corrected chi connectivity index (χ2v) is 12.6. The zero-order valence-corrected chi connectivity index (χ0v) is 26.6. The molecule has 10 aromatic rings. The van der Waals surface area contributed by atoms with E-state index in [1.807, 2.05) is 0 Å². The van der Waals surface area contributed by atoms with Crippen LogP contribution in [0.3, 0.4) is 0 Å². The summed E-state index contributed by atoms with van der Waals surface area (Å²) in [5.41, 5.74) is 13.0. The maximum absolute atomic E-state index is 5.31. The summed E-state index contributed by atoms with van der Waals surface area (Å²) in [6.45, 7) is 0. The summed E-state index contributed by atoms with van der Waals surface area (Å²) in [5, 5.41) is 5.86. The molecule has 7 aromatic carbocycles. The lowest BCUT2D eigenvalue weighted by Crippen LogP contribution is -1.94. The number of hydrogen-bond donors (Lipinski definition) is 0. The fourth-order valence-corrected chi connectivity index (χ4v) is 7.50. The first-order valence-corrected chi connectivity index (χ1v) is 16.7. The average Bonchev–Trinajstić information content (AvgIpc) is 3.51. The Kier molecular flexibility index (Phi) is 6.18. The lowest BCUT2D eigenvalue weighted by Gasteiger charge is -2.13. The van der Waals surface area contributed by atoms with E-state index in [-0.39, 0.29) is 0 Å². The van der Waals surface area contributed by atoms with Crippen molar-refractivity contribution >= 4 is 54.5 Å². The first kappa shape index (κ1) is 27.5. The van der Waals surface area contributed by atoms with Gasteiger partial charge in [0.15, 0.2) is 0 Å². The van der Waals surface area contributed by atoms with Gasteiger partial charge in [0.1, 0.15) is 0 Å². The van der Waals surface area contributed by atoms with Gasteiger partial charge in [0, 0.05) is 43.7 Å². The van der Waals surface area contributed by atoms with Gasteiger partial charge in [-0.2, -0.15) is 0 Å². The molecular weight excluding hydrogens is 595 g/mol. The van der Waals surface area contributed by atoms with Gasteiger partial charge >= 0.3 is 0 Å². The number of hydrogen-bond acceptors (Lipinski definition) is 2. The zero-order chi connectivity index (χ0) is 32.3. The van der Waals surface area contributed by atoms with Gasteiger partial charge in [0.05, 0.1) is 33.3 Å². The molecule has 3 aromatic heterocycles. The van der Waals surface area contributed by atoms with Crippen molar-refractivity contribution in [3.8, 4) is 39.2 Å². The maximum atomic E-state index is 5.31. The molecule has 0 saturated heterocycles. The predicted octanol–water partition coefficient (Wildman–Crippen LogP) is 12.0. The van der Waals surface area contributed by atoms with Crippen LogP contribution in [0, 0.1) is 0 Å². The summed E-state index contributed by atoms with van der Waals surface area (Å²) >= 11 is 0. The molecular formula is C46H29N3. The third-order valence-electron chi connectivity index (χ3n) is 9.75. The SMILES string of the molecule is c1ccc(-c2c3ccccc3nc3c2ccc2ccc(-c4cccc(-c5cccc(-n6c7ccccc7c7ccccc76)c5)c4)nc23)cc1. The minimum Gasteiger partial charge on any atom is -0.309 e. The van der Waals surface area contributed by atoms with Crippen molar-refractivity contribution in [2.24, 2.45) is 0 Å². The van der Waals surface area contributed by atoms with Gasteiger partial charge in [-0.05, 0) is 59.2 Å². The first-order chi connectivity index (χ1) is 24.3. The fourth-order valence-electron chi connectivity index (χ4n) is 7.50. The van der Waals surface area contributed by atoms with E-state index >= 15 is 0 Å². The molecule has 0 atom stereocenters. The van der Waals surface area contributed by atoms with Crippen molar-refractivity contribution in [2.75, 3.05) is 0 Å². The number of rotatable bonds is 4.